The van der Waals surface area contributed by atoms with Crippen LogP contribution in [0, 0.1) is 13.8 Å². The van der Waals surface area contributed by atoms with Crippen molar-refractivity contribution in [2.24, 2.45) is 5.73 Å². The summed E-state index contributed by atoms with van der Waals surface area (Å²) in [6.07, 6.45) is 0. The molecule has 27 heavy (non-hydrogen) atoms. The van der Waals surface area contributed by atoms with E-state index in [9.17, 15) is 19.2 Å². The fourth-order valence-electron chi connectivity index (χ4n) is 2.26. The van der Waals surface area contributed by atoms with E-state index in [0.717, 1.165) is 5.56 Å². The standard InChI is InChI=1S/C17H18N2O7S/c1-4-24-16(22)11-9(3)26-15(12(11)14(18)21)19-10(20)7-25-17(23)13-8(2)5-6-27-13/h5-6H,4,7H2,1-3H3,(H2,18,21)(H,19,20). The third-order valence-corrected chi connectivity index (χ3v) is 4.44. The van der Waals surface area contributed by atoms with Crippen molar-refractivity contribution in [3.05, 3.63) is 38.8 Å². The van der Waals surface area contributed by atoms with E-state index in [1.165, 1.54) is 18.3 Å². The van der Waals surface area contributed by atoms with Crippen LogP contribution in [0.4, 0.5) is 5.88 Å². The zero-order chi connectivity index (χ0) is 20.1. The summed E-state index contributed by atoms with van der Waals surface area (Å²) in [5, 5.41) is 4.01. The molecule has 2 heterocycles. The van der Waals surface area contributed by atoms with Gasteiger partial charge in [-0.2, -0.15) is 0 Å². The molecule has 0 aliphatic rings. The van der Waals surface area contributed by atoms with Gasteiger partial charge in [0.25, 0.3) is 11.8 Å². The highest BCUT2D eigenvalue weighted by Gasteiger charge is 2.29. The van der Waals surface area contributed by atoms with E-state index in [0.29, 0.717) is 4.88 Å². The lowest BCUT2D eigenvalue weighted by atomic mass is 10.1. The SMILES string of the molecule is CCOC(=O)c1c(C)oc(NC(=O)COC(=O)c2sccc2C)c1C(N)=O. The van der Waals surface area contributed by atoms with Crippen molar-refractivity contribution in [1.82, 2.24) is 0 Å². The first kappa shape index (κ1) is 20.2. The van der Waals surface area contributed by atoms with Crippen molar-refractivity contribution in [3.63, 3.8) is 0 Å². The van der Waals surface area contributed by atoms with Gasteiger partial charge in [0.2, 0.25) is 5.88 Å². The second kappa shape index (κ2) is 8.49. The number of thiophene rings is 1. The fourth-order valence-corrected chi connectivity index (χ4v) is 3.08. The Kier molecular flexibility index (Phi) is 6.35. The van der Waals surface area contributed by atoms with Crippen LogP contribution in [0.15, 0.2) is 15.9 Å². The van der Waals surface area contributed by atoms with Gasteiger partial charge in [-0.05, 0) is 37.8 Å². The van der Waals surface area contributed by atoms with Crippen LogP contribution in [0.2, 0.25) is 0 Å². The van der Waals surface area contributed by atoms with Gasteiger partial charge in [0.15, 0.2) is 6.61 Å². The number of primary amides is 1. The number of hydrogen-bond acceptors (Lipinski definition) is 8. The molecule has 0 saturated heterocycles. The Morgan fingerprint density at radius 1 is 1.15 bits per heavy atom. The molecule has 0 radical (unpaired) electrons. The topological polar surface area (TPSA) is 138 Å². The summed E-state index contributed by atoms with van der Waals surface area (Å²) in [6.45, 7) is 4.25. The number of esters is 2. The van der Waals surface area contributed by atoms with Crippen LogP contribution in [0.5, 0.6) is 0 Å². The molecule has 0 fully saturated rings. The van der Waals surface area contributed by atoms with Crippen molar-refractivity contribution in [2.75, 3.05) is 18.5 Å². The van der Waals surface area contributed by atoms with Gasteiger partial charge in [0.05, 0.1) is 6.61 Å². The smallest absolute Gasteiger partial charge is 0.349 e. The van der Waals surface area contributed by atoms with Crippen LogP contribution in [0.3, 0.4) is 0 Å². The number of ether oxygens (including phenoxy) is 2. The fraction of sp³-hybridized carbons (Fsp3) is 0.294. The van der Waals surface area contributed by atoms with E-state index >= 15 is 0 Å². The highest BCUT2D eigenvalue weighted by atomic mass is 32.1. The molecule has 0 saturated carbocycles. The molecule has 0 aliphatic heterocycles. The maximum atomic E-state index is 12.0. The first-order valence-electron chi connectivity index (χ1n) is 7.87. The minimum Gasteiger partial charge on any atom is -0.462 e. The summed E-state index contributed by atoms with van der Waals surface area (Å²) in [6, 6.07) is 1.75. The molecule has 2 aromatic heterocycles. The number of anilines is 1. The zero-order valence-electron chi connectivity index (χ0n) is 14.9. The average molecular weight is 394 g/mol. The molecule has 2 amide bonds. The van der Waals surface area contributed by atoms with E-state index in [4.69, 9.17) is 19.6 Å². The second-order valence-electron chi connectivity index (χ2n) is 5.38. The lowest BCUT2D eigenvalue weighted by molar-refractivity contribution is -0.119. The van der Waals surface area contributed by atoms with Gasteiger partial charge < -0.3 is 19.6 Å². The lowest BCUT2D eigenvalue weighted by Crippen LogP contribution is -2.23. The number of nitrogens with one attached hydrogen (secondary N) is 1. The minimum absolute atomic E-state index is 0.0590. The quantitative estimate of drug-likeness (QED) is 0.685. The van der Waals surface area contributed by atoms with Gasteiger partial charge >= 0.3 is 11.9 Å². The molecular formula is C17H18N2O7S. The number of nitrogens with two attached hydrogens (primary N) is 1. The second-order valence-corrected chi connectivity index (χ2v) is 6.30. The van der Waals surface area contributed by atoms with Crippen LogP contribution in [0.1, 0.15) is 48.6 Å². The van der Waals surface area contributed by atoms with Crippen molar-refractivity contribution in [2.45, 2.75) is 20.8 Å². The summed E-state index contributed by atoms with van der Waals surface area (Å²) >= 11 is 1.20. The van der Waals surface area contributed by atoms with Crippen molar-refractivity contribution >= 4 is 41.0 Å². The minimum atomic E-state index is -0.976. The van der Waals surface area contributed by atoms with Crippen molar-refractivity contribution in [3.8, 4) is 0 Å². The molecule has 0 bridgehead atoms. The number of amides is 2. The Labute approximate surface area is 158 Å². The molecule has 10 heteroatoms. The van der Waals surface area contributed by atoms with E-state index in [2.05, 4.69) is 5.32 Å². The predicted molar refractivity (Wildman–Crippen MR) is 95.9 cm³/mol. The van der Waals surface area contributed by atoms with E-state index in [-0.39, 0.29) is 29.4 Å². The third-order valence-electron chi connectivity index (χ3n) is 3.45. The van der Waals surface area contributed by atoms with E-state index in [1.54, 1.807) is 25.3 Å². The van der Waals surface area contributed by atoms with Crippen molar-refractivity contribution in [1.29, 1.82) is 0 Å². The summed E-state index contributed by atoms with van der Waals surface area (Å²) in [7, 11) is 0. The molecule has 0 aromatic carbocycles. The molecule has 0 aliphatic carbocycles. The molecular weight excluding hydrogens is 376 g/mol. The van der Waals surface area contributed by atoms with Crippen LogP contribution in [-0.2, 0) is 14.3 Å². The Balaban J connectivity index is 2.12. The van der Waals surface area contributed by atoms with Crippen LogP contribution >= 0.6 is 11.3 Å². The number of carbonyl (C=O) groups excluding carboxylic acids is 4. The molecule has 0 spiro atoms. The summed E-state index contributed by atoms with van der Waals surface area (Å²) in [4.78, 5) is 48.1. The molecule has 9 nitrogen and oxygen atoms in total. The van der Waals surface area contributed by atoms with Gasteiger partial charge in [0, 0.05) is 0 Å². The van der Waals surface area contributed by atoms with Gasteiger partial charge in [-0.1, -0.05) is 0 Å². The first-order valence-corrected chi connectivity index (χ1v) is 8.75. The normalized spacial score (nSPS) is 10.3. The molecule has 3 N–H and O–H groups in total. The molecule has 144 valence electrons. The summed E-state index contributed by atoms with van der Waals surface area (Å²) in [5.74, 6) is -3.43. The van der Waals surface area contributed by atoms with Crippen molar-refractivity contribution < 1.29 is 33.1 Å². The highest BCUT2D eigenvalue weighted by Crippen LogP contribution is 2.27. The summed E-state index contributed by atoms with van der Waals surface area (Å²) < 4.78 is 15.1. The van der Waals surface area contributed by atoms with E-state index < -0.39 is 30.4 Å². The number of furan rings is 1. The number of aryl methyl sites for hydroxylation is 2. The summed E-state index contributed by atoms with van der Waals surface area (Å²) in [5.41, 5.74) is 5.57. The molecule has 0 unspecified atom stereocenters. The third kappa shape index (κ3) is 4.53. The van der Waals surface area contributed by atoms with Gasteiger partial charge in [-0.15, -0.1) is 11.3 Å². The van der Waals surface area contributed by atoms with Crippen LogP contribution in [-0.4, -0.2) is 37.0 Å². The monoisotopic (exact) mass is 394 g/mol. The Hall–Kier alpha value is -3.14. The maximum Gasteiger partial charge on any atom is 0.349 e. The molecule has 0 atom stereocenters. The Morgan fingerprint density at radius 3 is 2.41 bits per heavy atom. The molecule has 2 aromatic rings. The number of hydrogen-bond donors (Lipinski definition) is 2. The highest BCUT2D eigenvalue weighted by molar-refractivity contribution is 7.12. The van der Waals surface area contributed by atoms with Gasteiger partial charge in [-0.3, -0.25) is 14.9 Å². The Bertz CT molecular complexity index is 897. The predicted octanol–water partition coefficient (Wildman–Crippen LogP) is 2.03. The molecule has 2 rings (SSSR count). The maximum absolute atomic E-state index is 12.0. The number of rotatable bonds is 7. The van der Waals surface area contributed by atoms with Crippen LogP contribution in [0.25, 0.3) is 0 Å². The zero-order valence-corrected chi connectivity index (χ0v) is 15.7. The number of carbonyl (C=O) groups is 4. The largest absolute Gasteiger partial charge is 0.462 e. The van der Waals surface area contributed by atoms with E-state index in [1.807, 2.05) is 0 Å². The lowest BCUT2D eigenvalue weighted by Gasteiger charge is -2.06. The Morgan fingerprint density at radius 2 is 1.85 bits per heavy atom. The first-order chi connectivity index (χ1) is 12.8. The van der Waals surface area contributed by atoms with Gasteiger partial charge in [-0.25, -0.2) is 9.59 Å². The van der Waals surface area contributed by atoms with Gasteiger partial charge in [0.1, 0.15) is 21.8 Å². The average Bonchev–Trinajstić information content (AvgIpc) is 3.16. The van der Waals surface area contributed by atoms with Crippen LogP contribution < -0.4 is 11.1 Å².